The zero-order valence-corrected chi connectivity index (χ0v) is 11.7. The quantitative estimate of drug-likeness (QED) is 0.836. The summed E-state index contributed by atoms with van der Waals surface area (Å²) >= 11 is 3.30. The van der Waals surface area contributed by atoms with Gasteiger partial charge in [0.15, 0.2) is 12.7 Å². The van der Waals surface area contributed by atoms with Gasteiger partial charge in [-0.25, -0.2) is 4.79 Å². The molecule has 0 heterocycles. The van der Waals surface area contributed by atoms with Crippen molar-refractivity contribution in [2.24, 2.45) is 0 Å². The van der Waals surface area contributed by atoms with E-state index in [0.29, 0.717) is 5.75 Å². The van der Waals surface area contributed by atoms with Crippen LogP contribution in [-0.4, -0.2) is 31.6 Å². The maximum absolute atomic E-state index is 11.5. The summed E-state index contributed by atoms with van der Waals surface area (Å²) in [5, 5.41) is 2.35. The van der Waals surface area contributed by atoms with Crippen molar-refractivity contribution in [2.45, 2.75) is 13.0 Å². The van der Waals surface area contributed by atoms with E-state index >= 15 is 0 Å². The number of benzene rings is 1. The van der Waals surface area contributed by atoms with Crippen molar-refractivity contribution in [3.8, 4) is 5.75 Å². The Hall–Kier alpha value is -1.56. The van der Waals surface area contributed by atoms with Crippen LogP contribution in [0.2, 0.25) is 0 Å². The van der Waals surface area contributed by atoms with E-state index in [9.17, 15) is 9.59 Å². The molecule has 0 unspecified atom stereocenters. The summed E-state index contributed by atoms with van der Waals surface area (Å²) in [6, 6.07) is 7.06. The number of rotatable bonds is 5. The number of nitrogens with one attached hydrogen (secondary N) is 1. The van der Waals surface area contributed by atoms with E-state index in [1.807, 2.05) is 0 Å². The molecule has 0 bridgehead atoms. The molecule has 1 N–H and O–H groups in total. The second kappa shape index (κ2) is 7.00. The van der Waals surface area contributed by atoms with Crippen molar-refractivity contribution in [1.82, 2.24) is 5.32 Å². The fraction of sp³-hybridized carbons (Fsp3) is 0.333. The number of hydrogen-bond donors (Lipinski definition) is 1. The Balaban J connectivity index is 2.44. The third kappa shape index (κ3) is 4.75. The molecule has 5 nitrogen and oxygen atoms in total. The molecular formula is C12H14BrNO4. The van der Waals surface area contributed by atoms with Crippen molar-refractivity contribution < 1.29 is 19.1 Å². The van der Waals surface area contributed by atoms with Crippen LogP contribution in [0.4, 0.5) is 0 Å². The van der Waals surface area contributed by atoms with Crippen molar-refractivity contribution in [3.05, 3.63) is 28.7 Å². The SMILES string of the molecule is CNC(=O)COC(=O)[C@@H](C)Oc1ccc(Br)cc1. The molecule has 0 aromatic heterocycles. The molecule has 1 amide bonds. The van der Waals surface area contributed by atoms with Crippen LogP contribution in [-0.2, 0) is 14.3 Å². The molecule has 0 aliphatic heterocycles. The van der Waals surface area contributed by atoms with Crippen LogP contribution in [0.1, 0.15) is 6.92 Å². The van der Waals surface area contributed by atoms with Crippen LogP contribution < -0.4 is 10.1 Å². The number of esters is 1. The molecule has 1 atom stereocenters. The first-order valence-corrected chi connectivity index (χ1v) is 6.11. The van der Waals surface area contributed by atoms with Crippen molar-refractivity contribution >= 4 is 27.8 Å². The zero-order chi connectivity index (χ0) is 13.5. The maximum Gasteiger partial charge on any atom is 0.347 e. The van der Waals surface area contributed by atoms with E-state index in [2.05, 4.69) is 21.2 Å². The van der Waals surface area contributed by atoms with Gasteiger partial charge in [0.2, 0.25) is 0 Å². The zero-order valence-electron chi connectivity index (χ0n) is 10.1. The highest BCUT2D eigenvalue weighted by Crippen LogP contribution is 2.17. The normalized spacial score (nSPS) is 11.5. The lowest BCUT2D eigenvalue weighted by Crippen LogP contribution is -2.31. The molecule has 0 saturated carbocycles. The van der Waals surface area contributed by atoms with Crippen LogP contribution >= 0.6 is 15.9 Å². The summed E-state index contributed by atoms with van der Waals surface area (Å²) in [5.74, 6) is -0.386. The van der Waals surface area contributed by atoms with Gasteiger partial charge in [-0.1, -0.05) is 15.9 Å². The minimum absolute atomic E-state index is 0.302. The lowest BCUT2D eigenvalue weighted by Gasteiger charge is -2.13. The summed E-state index contributed by atoms with van der Waals surface area (Å²) < 4.78 is 11.1. The van der Waals surface area contributed by atoms with E-state index in [-0.39, 0.29) is 12.5 Å². The van der Waals surface area contributed by atoms with Gasteiger partial charge in [0.1, 0.15) is 5.75 Å². The van der Waals surface area contributed by atoms with Gasteiger partial charge in [-0.3, -0.25) is 4.79 Å². The molecule has 1 aromatic carbocycles. The van der Waals surface area contributed by atoms with Gasteiger partial charge >= 0.3 is 5.97 Å². The molecule has 1 aromatic rings. The number of carbonyl (C=O) groups is 2. The lowest BCUT2D eigenvalue weighted by atomic mass is 10.3. The van der Waals surface area contributed by atoms with E-state index < -0.39 is 12.1 Å². The van der Waals surface area contributed by atoms with Crippen molar-refractivity contribution in [2.75, 3.05) is 13.7 Å². The number of hydrogen-bond acceptors (Lipinski definition) is 4. The maximum atomic E-state index is 11.5. The summed E-state index contributed by atoms with van der Waals surface area (Å²) in [4.78, 5) is 22.4. The fourth-order valence-corrected chi connectivity index (χ4v) is 1.36. The van der Waals surface area contributed by atoms with Crippen LogP contribution in [0.25, 0.3) is 0 Å². The number of halogens is 1. The van der Waals surface area contributed by atoms with Crippen LogP contribution in [0.15, 0.2) is 28.7 Å². The van der Waals surface area contributed by atoms with Gasteiger partial charge in [-0.05, 0) is 31.2 Å². The van der Waals surface area contributed by atoms with Crippen molar-refractivity contribution in [1.29, 1.82) is 0 Å². The van der Waals surface area contributed by atoms with Crippen LogP contribution in [0, 0.1) is 0 Å². The number of amides is 1. The Bertz CT molecular complexity index is 419. The molecule has 0 saturated heterocycles. The highest BCUT2D eigenvalue weighted by atomic mass is 79.9. The topological polar surface area (TPSA) is 64.6 Å². The standard InChI is InChI=1S/C12H14BrNO4/c1-8(12(16)17-7-11(15)14-2)18-10-5-3-9(13)4-6-10/h3-6,8H,7H2,1-2H3,(H,14,15)/t8-/m1/s1. The molecule has 18 heavy (non-hydrogen) atoms. The predicted octanol–water partition coefficient (Wildman–Crippen LogP) is 1.51. The van der Waals surface area contributed by atoms with E-state index in [0.717, 1.165) is 4.47 Å². The average Bonchev–Trinajstić information content (AvgIpc) is 2.38. The third-order valence-electron chi connectivity index (χ3n) is 2.08. The first kappa shape index (κ1) is 14.5. The van der Waals surface area contributed by atoms with Gasteiger partial charge in [0.25, 0.3) is 5.91 Å². The molecular weight excluding hydrogens is 302 g/mol. The molecule has 98 valence electrons. The molecule has 0 aliphatic carbocycles. The summed E-state index contributed by atoms with van der Waals surface area (Å²) in [6.45, 7) is 1.26. The Morgan fingerprint density at radius 2 is 1.94 bits per heavy atom. The molecule has 0 spiro atoms. The van der Waals surface area contributed by atoms with Crippen LogP contribution in [0.3, 0.4) is 0 Å². The molecule has 1 rings (SSSR count). The second-order valence-electron chi connectivity index (χ2n) is 3.49. The molecule has 6 heteroatoms. The first-order chi connectivity index (χ1) is 8.52. The Morgan fingerprint density at radius 1 is 1.33 bits per heavy atom. The minimum Gasteiger partial charge on any atom is -0.479 e. The smallest absolute Gasteiger partial charge is 0.347 e. The summed E-state index contributed by atoms with van der Waals surface area (Å²) in [7, 11) is 1.47. The highest BCUT2D eigenvalue weighted by molar-refractivity contribution is 9.10. The van der Waals surface area contributed by atoms with Gasteiger partial charge in [0.05, 0.1) is 0 Å². The summed E-state index contributed by atoms with van der Waals surface area (Å²) in [6.07, 6.45) is -0.768. The monoisotopic (exact) mass is 315 g/mol. The molecule has 0 aliphatic rings. The van der Waals surface area contributed by atoms with E-state index in [4.69, 9.17) is 9.47 Å². The number of carbonyl (C=O) groups excluding carboxylic acids is 2. The lowest BCUT2D eigenvalue weighted by molar-refractivity contribution is -0.154. The predicted molar refractivity (Wildman–Crippen MR) is 69.3 cm³/mol. The van der Waals surface area contributed by atoms with Gasteiger partial charge < -0.3 is 14.8 Å². The number of likely N-dealkylation sites (N-methyl/N-ethyl adjacent to an activating group) is 1. The van der Waals surface area contributed by atoms with E-state index in [1.165, 1.54) is 7.05 Å². The fourth-order valence-electron chi connectivity index (χ4n) is 1.09. The molecule has 0 fully saturated rings. The minimum atomic E-state index is -0.768. The highest BCUT2D eigenvalue weighted by Gasteiger charge is 2.17. The number of ether oxygens (including phenoxy) is 2. The average molecular weight is 316 g/mol. The Morgan fingerprint density at radius 3 is 2.50 bits per heavy atom. The summed E-state index contributed by atoms with van der Waals surface area (Å²) in [5.41, 5.74) is 0. The van der Waals surface area contributed by atoms with Gasteiger partial charge in [-0.15, -0.1) is 0 Å². The second-order valence-corrected chi connectivity index (χ2v) is 4.41. The van der Waals surface area contributed by atoms with Crippen LogP contribution in [0.5, 0.6) is 5.75 Å². The third-order valence-corrected chi connectivity index (χ3v) is 2.61. The van der Waals surface area contributed by atoms with E-state index in [1.54, 1.807) is 31.2 Å². The largest absolute Gasteiger partial charge is 0.479 e. The molecule has 0 radical (unpaired) electrons. The van der Waals surface area contributed by atoms with Gasteiger partial charge in [-0.2, -0.15) is 0 Å². The Kier molecular flexibility index (Phi) is 5.64. The Labute approximate surface area is 114 Å². The van der Waals surface area contributed by atoms with Crippen molar-refractivity contribution in [3.63, 3.8) is 0 Å². The first-order valence-electron chi connectivity index (χ1n) is 5.32. The van der Waals surface area contributed by atoms with Gasteiger partial charge in [0, 0.05) is 11.5 Å².